The normalized spacial score (nSPS) is 15.3. The lowest BCUT2D eigenvalue weighted by Crippen LogP contribution is -2.38. The van der Waals surface area contributed by atoms with Gasteiger partial charge in [-0.05, 0) is 49.6 Å². The molecule has 2 aromatic carbocycles. The Labute approximate surface area is 203 Å². The summed E-state index contributed by atoms with van der Waals surface area (Å²) < 4.78 is 8.07. The number of amides is 1. The second-order valence-electron chi connectivity index (χ2n) is 8.69. The Balaban J connectivity index is 1.51. The van der Waals surface area contributed by atoms with E-state index in [0.29, 0.717) is 18.9 Å². The Hall–Kier alpha value is -4.38. The quantitative estimate of drug-likeness (QED) is 0.442. The van der Waals surface area contributed by atoms with Crippen LogP contribution in [0.1, 0.15) is 25.0 Å². The third-order valence-electron chi connectivity index (χ3n) is 6.57. The highest BCUT2D eigenvalue weighted by Crippen LogP contribution is 2.38. The zero-order chi connectivity index (χ0) is 24.4. The van der Waals surface area contributed by atoms with Gasteiger partial charge >= 0.3 is 0 Å². The smallest absolute Gasteiger partial charge is 0.237 e. The number of nitrogen functional groups attached to an aromatic ring is 1. The van der Waals surface area contributed by atoms with Crippen LogP contribution < -0.4 is 10.5 Å². The van der Waals surface area contributed by atoms with E-state index in [9.17, 15) is 4.79 Å². The molecule has 0 radical (unpaired) electrons. The van der Waals surface area contributed by atoms with Crippen LogP contribution in [-0.4, -0.2) is 37.9 Å². The van der Waals surface area contributed by atoms with Gasteiger partial charge < -0.3 is 19.9 Å². The van der Waals surface area contributed by atoms with Crippen LogP contribution in [0.3, 0.4) is 0 Å². The van der Waals surface area contributed by atoms with Gasteiger partial charge in [0.05, 0.1) is 11.5 Å². The number of nitrogens with zero attached hydrogens (tertiary/aromatic N) is 5. The first-order valence-corrected chi connectivity index (χ1v) is 11.7. The Kier molecular flexibility index (Phi) is 6.06. The highest BCUT2D eigenvalue weighted by atomic mass is 16.5. The molecule has 0 aliphatic carbocycles. The molecule has 2 aromatic heterocycles. The fourth-order valence-electron chi connectivity index (χ4n) is 4.93. The number of carbonyl (C=O) groups excluding carboxylic acids is 1. The summed E-state index contributed by atoms with van der Waals surface area (Å²) in [5, 5.41) is 9.78. The number of aromatic nitrogens is 3. The molecule has 0 saturated carbocycles. The van der Waals surface area contributed by atoms with Crippen LogP contribution in [0.25, 0.3) is 22.2 Å². The summed E-state index contributed by atoms with van der Waals surface area (Å²) in [7, 11) is 0. The summed E-state index contributed by atoms with van der Waals surface area (Å²) in [5.41, 5.74) is 10.0. The van der Waals surface area contributed by atoms with Crippen LogP contribution >= 0.6 is 0 Å². The van der Waals surface area contributed by atoms with Crippen LogP contribution in [0.4, 0.5) is 5.82 Å². The van der Waals surface area contributed by atoms with Crippen LogP contribution in [-0.2, 0) is 11.3 Å². The van der Waals surface area contributed by atoms with E-state index in [1.165, 1.54) is 6.33 Å². The molecule has 8 heteroatoms. The number of ether oxygens (including phenoxy) is 1. The number of fused-ring (bicyclic) bond motifs is 1. The molecule has 1 saturated heterocycles. The number of benzene rings is 2. The molecule has 4 aromatic rings. The molecule has 1 amide bonds. The number of carbonyl (C=O) groups is 1. The fourth-order valence-corrected chi connectivity index (χ4v) is 4.93. The summed E-state index contributed by atoms with van der Waals surface area (Å²) >= 11 is 0. The fraction of sp³-hybridized carbons (Fsp3) is 0.259. The Morgan fingerprint density at radius 3 is 2.63 bits per heavy atom. The zero-order valence-corrected chi connectivity index (χ0v) is 19.5. The number of nitrogens with two attached hydrogens (primary N) is 1. The van der Waals surface area contributed by atoms with Gasteiger partial charge in [-0.1, -0.05) is 30.3 Å². The maximum atomic E-state index is 12.5. The molecule has 1 aliphatic heterocycles. The second-order valence-corrected chi connectivity index (χ2v) is 8.69. The van der Waals surface area contributed by atoms with Crippen molar-refractivity contribution in [3.8, 4) is 28.7 Å². The first-order valence-electron chi connectivity index (χ1n) is 11.7. The van der Waals surface area contributed by atoms with Crippen LogP contribution in [0, 0.1) is 18.3 Å². The summed E-state index contributed by atoms with van der Waals surface area (Å²) in [6.45, 7) is 3.31. The molecule has 3 heterocycles. The van der Waals surface area contributed by atoms with E-state index in [1.54, 1.807) is 0 Å². The largest absolute Gasteiger partial charge is 0.457 e. The summed E-state index contributed by atoms with van der Waals surface area (Å²) in [6, 6.07) is 19.5. The number of hydrogen-bond donors (Lipinski definition) is 1. The average Bonchev–Trinajstić information content (AvgIpc) is 3.44. The third kappa shape index (κ3) is 4.28. The molecule has 1 aliphatic rings. The summed E-state index contributed by atoms with van der Waals surface area (Å²) in [4.78, 5) is 23.1. The lowest BCUT2D eigenvalue weighted by atomic mass is 10.0. The molecule has 1 atom stereocenters. The van der Waals surface area contributed by atoms with E-state index in [0.717, 1.165) is 52.2 Å². The zero-order valence-electron chi connectivity index (χ0n) is 19.5. The van der Waals surface area contributed by atoms with E-state index >= 15 is 0 Å². The average molecular weight is 467 g/mol. The van der Waals surface area contributed by atoms with E-state index in [-0.39, 0.29) is 18.4 Å². The van der Waals surface area contributed by atoms with Crippen LogP contribution in [0.5, 0.6) is 11.5 Å². The van der Waals surface area contributed by atoms with Crippen molar-refractivity contribution < 1.29 is 9.53 Å². The van der Waals surface area contributed by atoms with E-state index in [4.69, 9.17) is 15.7 Å². The predicted molar refractivity (Wildman–Crippen MR) is 134 cm³/mol. The lowest BCUT2D eigenvalue weighted by Gasteiger charge is -2.25. The molecule has 176 valence electrons. The minimum Gasteiger partial charge on any atom is -0.457 e. The molecular formula is C27H26N6O2. The van der Waals surface area contributed by atoms with Gasteiger partial charge in [0, 0.05) is 30.4 Å². The number of hydrogen-bond acceptors (Lipinski definition) is 6. The molecule has 5 rings (SSSR count). The first-order chi connectivity index (χ1) is 17.1. The van der Waals surface area contributed by atoms with Gasteiger partial charge in [0.15, 0.2) is 0 Å². The first kappa shape index (κ1) is 22.4. The minimum absolute atomic E-state index is 0.0100. The molecule has 0 bridgehead atoms. The van der Waals surface area contributed by atoms with Gasteiger partial charge in [0.25, 0.3) is 0 Å². The molecule has 35 heavy (non-hydrogen) atoms. The monoisotopic (exact) mass is 466 g/mol. The van der Waals surface area contributed by atoms with Gasteiger partial charge in [-0.25, -0.2) is 9.97 Å². The number of para-hydroxylation sites is 1. The van der Waals surface area contributed by atoms with Gasteiger partial charge in [-0.3, -0.25) is 4.79 Å². The molecule has 8 nitrogen and oxygen atoms in total. The maximum Gasteiger partial charge on any atom is 0.237 e. The van der Waals surface area contributed by atoms with Crippen LogP contribution in [0.15, 0.2) is 60.9 Å². The Morgan fingerprint density at radius 1 is 1.14 bits per heavy atom. The highest BCUT2D eigenvalue weighted by Gasteiger charge is 2.30. The van der Waals surface area contributed by atoms with Crippen molar-refractivity contribution in [2.75, 3.05) is 12.3 Å². The highest BCUT2D eigenvalue weighted by molar-refractivity contribution is 6.02. The second kappa shape index (κ2) is 9.47. The molecule has 2 N–H and O–H groups in total. The van der Waals surface area contributed by atoms with Crippen LogP contribution in [0.2, 0.25) is 0 Å². The molecule has 0 spiro atoms. The third-order valence-corrected chi connectivity index (χ3v) is 6.57. The number of rotatable bonds is 6. The van der Waals surface area contributed by atoms with Gasteiger partial charge in [-0.15, -0.1) is 0 Å². The SMILES string of the molecule is Cc1c(-c2ccc(Oc3ccccc3)cc2)c2c(N)ncnc2n1CC1CCCN1C(=O)CC#N. The minimum atomic E-state index is -0.118. The van der Waals surface area contributed by atoms with Crippen molar-refractivity contribution in [1.82, 2.24) is 19.4 Å². The van der Waals surface area contributed by atoms with Crippen molar-refractivity contribution in [2.24, 2.45) is 0 Å². The van der Waals surface area contributed by atoms with E-state index < -0.39 is 0 Å². The van der Waals surface area contributed by atoms with Gasteiger partial charge in [-0.2, -0.15) is 5.26 Å². The number of nitriles is 1. The van der Waals surface area contributed by atoms with E-state index in [2.05, 4.69) is 14.5 Å². The number of anilines is 1. The Bertz CT molecular complexity index is 1410. The van der Waals surface area contributed by atoms with Gasteiger partial charge in [0.2, 0.25) is 5.91 Å². The van der Waals surface area contributed by atoms with Crippen molar-refractivity contribution in [3.63, 3.8) is 0 Å². The molecule has 1 fully saturated rings. The van der Waals surface area contributed by atoms with Gasteiger partial charge in [0.1, 0.15) is 35.7 Å². The topological polar surface area (TPSA) is 110 Å². The maximum absolute atomic E-state index is 12.5. The van der Waals surface area contributed by atoms with Crippen molar-refractivity contribution in [3.05, 3.63) is 66.6 Å². The lowest BCUT2D eigenvalue weighted by molar-refractivity contribution is -0.131. The number of likely N-dealkylation sites (tertiary alicyclic amines) is 1. The van der Waals surface area contributed by atoms with Crippen molar-refractivity contribution in [2.45, 2.75) is 38.8 Å². The summed E-state index contributed by atoms with van der Waals surface area (Å²) in [5.74, 6) is 1.81. The predicted octanol–water partition coefficient (Wildman–Crippen LogP) is 4.69. The molecular weight excluding hydrogens is 440 g/mol. The summed E-state index contributed by atoms with van der Waals surface area (Å²) in [6.07, 6.45) is 3.19. The molecule has 1 unspecified atom stereocenters. The van der Waals surface area contributed by atoms with E-state index in [1.807, 2.05) is 72.5 Å². The van der Waals surface area contributed by atoms with Crippen molar-refractivity contribution >= 4 is 22.8 Å². The Morgan fingerprint density at radius 2 is 1.89 bits per heavy atom. The standard InChI is InChI=1S/C27H26N6O2/c1-18-24(19-9-11-22(12-10-19)35-21-7-3-2-4-8-21)25-26(29)30-17-31-27(25)33(18)16-20-6-5-15-32(20)23(34)13-14-28/h2-4,7-12,17,20H,5-6,13,15-16H2,1H3,(H2,29,30,31). The van der Waals surface area contributed by atoms with Crippen molar-refractivity contribution in [1.29, 1.82) is 5.26 Å².